The van der Waals surface area contributed by atoms with Gasteiger partial charge in [0, 0.05) is 30.4 Å². The third-order valence-electron chi connectivity index (χ3n) is 3.70. The molecule has 0 aliphatic carbocycles. The Morgan fingerprint density at radius 2 is 1.92 bits per heavy atom. The maximum Gasteiger partial charge on any atom is 0.248 e. The van der Waals surface area contributed by atoms with Crippen molar-refractivity contribution in [2.24, 2.45) is 7.05 Å². The van der Waals surface area contributed by atoms with Crippen LogP contribution in [0.2, 0.25) is 5.02 Å². The van der Waals surface area contributed by atoms with Gasteiger partial charge in [-0.05, 0) is 26.0 Å². The molecule has 2 rings (SSSR count). The van der Waals surface area contributed by atoms with E-state index in [4.69, 9.17) is 21.1 Å². The van der Waals surface area contributed by atoms with Gasteiger partial charge in [0.2, 0.25) is 5.91 Å². The van der Waals surface area contributed by atoms with Crippen molar-refractivity contribution in [1.82, 2.24) is 9.78 Å². The van der Waals surface area contributed by atoms with Gasteiger partial charge in [-0.25, -0.2) is 0 Å². The number of anilines is 1. The van der Waals surface area contributed by atoms with Crippen molar-refractivity contribution < 1.29 is 14.3 Å². The fourth-order valence-electron chi connectivity index (χ4n) is 2.32. The molecule has 0 fully saturated rings. The third-order valence-corrected chi connectivity index (χ3v) is 3.99. The maximum atomic E-state index is 12.2. The van der Waals surface area contributed by atoms with Crippen LogP contribution in [0.3, 0.4) is 0 Å². The molecule has 0 aliphatic heterocycles. The molecule has 0 unspecified atom stereocenters. The Hall–Kier alpha value is -2.47. The van der Waals surface area contributed by atoms with Crippen LogP contribution in [0.1, 0.15) is 17.0 Å². The Kier molecular flexibility index (Phi) is 5.51. The Labute approximate surface area is 146 Å². The van der Waals surface area contributed by atoms with E-state index in [1.54, 1.807) is 22.9 Å². The lowest BCUT2D eigenvalue weighted by Crippen LogP contribution is -2.09. The summed E-state index contributed by atoms with van der Waals surface area (Å²) >= 11 is 6.10. The van der Waals surface area contributed by atoms with Gasteiger partial charge in [0.05, 0.1) is 30.6 Å². The second kappa shape index (κ2) is 7.40. The Morgan fingerprint density at radius 1 is 1.25 bits per heavy atom. The summed E-state index contributed by atoms with van der Waals surface area (Å²) in [5.74, 6) is 0.646. The van der Waals surface area contributed by atoms with Gasteiger partial charge in [-0.15, -0.1) is 0 Å². The topological polar surface area (TPSA) is 65.4 Å². The summed E-state index contributed by atoms with van der Waals surface area (Å²) in [6.45, 7) is 3.85. The van der Waals surface area contributed by atoms with E-state index in [-0.39, 0.29) is 5.91 Å². The molecule has 1 heterocycles. The zero-order valence-electron chi connectivity index (χ0n) is 14.3. The number of hydrogen-bond acceptors (Lipinski definition) is 4. The van der Waals surface area contributed by atoms with Gasteiger partial charge in [0.15, 0.2) is 0 Å². The number of amides is 1. The second-order valence-electron chi connectivity index (χ2n) is 5.22. The van der Waals surface area contributed by atoms with Gasteiger partial charge < -0.3 is 14.8 Å². The molecule has 2 aromatic rings. The van der Waals surface area contributed by atoms with Crippen LogP contribution in [0.5, 0.6) is 11.5 Å². The number of rotatable bonds is 5. The van der Waals surface area contributed by atoms with Gasteiger partial charge in [-0.3, -0.25) is 9.48 Å². The minimum atomic E-state index is -0.294. The Balaban J connectivity index is 2.21. The van der Waals surface area contributed by atoms with Gasteiger partial charge in [-0.1, -0.05) is 11.6 Å². The number of methoxy groups -OCH3 is 2. The molecule has 6 nitrogen and oxygen atoms in total. The molecule has 0 saturated carbocycles. The summed E-state index contributed by atoms with van der Waals surface area (Å²) < 4.78 is 12.2. The molecular weight excluding hydrogens is 330 g/mol. The molecule has 0 saturated heterocycles. The largest absolute Gasteiger partial charge is 0.495 e. The van der Waals surface area contributed by atoms with Crippen LogP contribution in [0.25, 0.3) is 6.08 Å². The molecule has 7 heteroatoms. The fourth-order valence-corrected chi connectivity index (χ4v) is 2.56. The predicted octanol–water partition coefficient (Wildman–Crippen LogP) is 3.36. The number of hydrogen-bond donors (Lipinski definition) is 1. The van der Waals surface area contributed by atoms with Gasteiger partial charge in [0.25, 0.3) is 0 Å². The van der Waals surface area contributed by atoms with Crippen LogP contribution in [-0.2, 0) is 11.8 Å². The highest BCUT2D eigenvalue weighted by molar-refractivity contribution is 6.32. The van der Waals surface area contributed by atoms with Crippen LogP contribution in [0.15, 0.2) is 18.2 Å². The van der Waals surface area contributed by atoms with E-state index < -0.39 is 0 Å². The molecule has 1 aromatic heterocycles. The third kappa shape index (κ3) is 3.71. The second-order valence-corrected chi connectivity index (χ2v) is 5.62. The first-order chi connectivity index (χ1) is 11.4. The first kappa shape index (κ1) is 17.9. The highest BCUT2D eigenvalue weighted by atomic mass is 35.5. The van der Waals surface area contributed by atoms with Crippen LogP contribution in [0.4, 0.5) is 5.69 Å². The summed E-state index contributed by atoms with van der Waals surface area (Å²) in [5, 5.41) is 7.45. The number of nitrogens with zero attached hydrogens (tertiary/aromatic N) is 2. The molecule has 128 valence electrons. The van der Waals surface area contributed by atoms with Crippen LogP contribution >= 0.6 is 11.6 Å². The molecule has 0 atom stereocenters. The van der Waals surface area contributed by atoms with Crippen molar-refractivity contribution >= 4 is 29.3 Å². The molecule has 0 bridgehead atoms. The zero-order valence-corrected chi connectivity index (χ0v) is 15.1. The molecule has 1 N–H and O–H groups in total. The first-order valence-electron chi connectivity index (χ1n) is 7.28. The lowest BCUT2D eigenvalue weighted by molar-refractivity contribution is -0.111. The highest BCUT2D eigenvalue weighted by Gasteiger charge is 2.12. The maximum absolute atomic E-state index is 12.2. The van der Waals surface area contributed by atoms with Crippen molar-refractivity contribution in [3.05, 3.63) is 40.2 Å². The molecule has 1 amide bonds. The van der Waals surface area contributed by atoms with E-state index in [9.17, 15) is 4.79 Å². The van der Waals surface area contributed by atoms with Crippen molar-refractivity contribution in [2.45, 2.75) is 13.8 Å². The van der Waals surface area contributed by atoms with E-state index >= 15 is 0 Å². The monoisotopic (exact) mass is 349 g/mol. The molecular formula is C17H20ClN3O3. The van der Waals surface area contributed by atoms with Crippen molar-refractivity contribution in [3.63, 3.8) is 0 Å². The average molecular weight is 350 g/mol. The number of ether oxygens (including phenoxy) is 2. The fraction of sp³-hybridized carbons (Fsp3) is 0.294. The van der Waals surface area contributed by atoms with Crippen LogP contribution in [0, 0.1) is 13.8 Å². The molecule has 0 radical (unpaired) electrons. The Bertz CT molecular complexity index is 797. The van der Waals surface area contributed by atoms with Gasteiger partial charge in [-0.2, -0.15) is 5.10 Å². The van der Waals surface area contributed by atoms with Crippen molar-refractivity contribution in [3.8, 4) is 11.5 Å². The van der Waals surface area contributed by atoms with Crippen molar-refractivity contribution in [2.75, 3.05) is 19.5 Å². The number of halogens is 1. The van der Waals surface area contributed by atoms with E-state index in [0.29, 0.717) is 22.2 Å². The van der Waals surface area contributed by atoms with E-state index in [2.05, 4.69) is 10.4 Å². The van der Waals surface area contributed by atoms with Crippen molar-refractivity contribution in [1.29, 1.82) is 0 Å². The lowest BCUT2D eigenvalue weighted by Gasteiger charge is -2.12. The smallest absolute Gasteiger partial charge is 0.248 e. The number of benzene rings is 1. The summed E-state index contributed by atoms with van der Waals surface area (Å²) in [4.78, 5) is 12.2. The quantitative estimate of drug-likeness (QED) is 0.840. The number of carbonyl (C=O) groups excluding carboxylic acids is 1. The molecule has 0 spiro atoms. The van der Waals surface area contributed by atoms with Crippen LogP contribution < -0.4 is 14.8 Å². The van der Waals surface area contributed by atoms with Crippen LogP contribution in [-0.4, -0.2) is 29.9 Å². The number of carbonyl (C=O) groups is 1. The lowest BCUT2D eigenvalue weighted by atomic mass is 10.2. The average Bonchev–Trinajstić information content (AvgIpc) is 2.78. The SMILES string of the molecule is COc1cc(OC)c(NC(=O)/C=C/c2c(C)nn(C)c2C)cc1Cl. The summed E-state index contributed by atoms with van der Waals surface area (Å²) in [6, 6.07) is 3.21. The molecule has 1 aromatic carbocycles. The van der Waals surface area contributed by atoms with E-state index in [1.807, 2.05) is 20.9 Å². The number of nitrogens with one attached hydrogen (secondary N) is 1. The predicted molar refractivity (Wildman–Crippen MR) is 94.9 cm³/mol. The zero-order chi connectivity index (χ0) is 17.9. The Morgan fingerprint density at radius 3 is 2.46 bits per heavy atom. The van der Waals surface area contributed by atoms with Gasteiger partial charge >= 0.3 is 0 Å². The normalized spacial score (nSPS) is 10.9. The minimum Gasteiger partial charge on any atom is -0.495 e. The summed E-state index contributed by atoms with van der Waals surface area (Å²) in [5.41, 5.74) is 3.25. The number of aryl methyl sites for hydroxylation is 2. The van der Waals surface area contributed by atoms with Gasteiger partial charge in [0.1, 0.15) is 11.5 Å². The molecule has 0 aliphatic rings. The summed E-state index contributed by atoms with van der Waals surface area (Å²) in [7, 11) is 4.89. The first-order valence-corrected chi connectivity index (χ1v) is 7.66. The van der Waals surface area contributed by atoms with E-state index in [1.165, 1.54) is 20.3 Å². The summed E-state index contributed by atoms with van der Waals surface area (Å²) in [6.07, 6.45) is 3.19. The van der Waals surface area contributed by atoms with E-state index in [0.717, 1.165) is 17.0 Å². The standard InChI is InChI=1S/C17H20ClN3O3/c1-10-12(11(2)21(3)20-10)6-7-17(22)19-14-8-13(18)15(23-4)9-16(14)24-5/h6-9H,1-5H3,(H,19,22)/b7-6+. The minimum absolute atomic E-state index is 0.294. The highest BCUT2D eigenvalue weighted by Crippen LogP contribution is 2.35. The molecule has 24 heavy (non-hydrogen) atoms. The number of aromatic nitrogens is 2.